The minimum atomic E-state index is 0.798. The van der Waals surface area contributed by atoms with Crippen LogP contribution in [0.4, 0.5) is 0 Å². The average molecular weight is 215 g/mol. The van der Waals surface area contributed by atoms with Crippen LogP contribution in [0.25, 0.3) is 6.08 Å². The van der Waals surface area contributed by atoms with Crippen LogP contribution in [0.3, 0.4) is 0 Å². The van der Waals surface area contributed by atoms with E-state index < -0.39 is 0 Å². The molecule has 1 aromatic rings. The SMILES string of the molecule is CCC(=Cc1ccccc1)C1CCNCC1. The van der Waals surface area contributed by atoms with Gasteiger partial charge in [0.1, 0.15) is 0 Å². The van der Waals surface area contributed by atoms with Crippen LogP contribution in [0.5, 0.6) is 0 Å². The van der Waals surface area contributed by atoms with Gasteiger partial charge in [0.05, 0.1) is 0 Å². The molecule has 0 unspecified atom stereocenters. The summed E-state index contributed by atoms with van der Waals surface area (Å²) < 4.78 is 0. The minimum absolute atomic E-state index is 0.798. The lowest BCUT2D eigenvalue weighted by Crippen LogP contribution is -2.28. The van der Waals surface area contributed by atoms with Crippen molar-refractivity contribution in [1.29, 1.82) is 0 Å². The standard InChI is InChI=1S/C15H21N/c1-2-14(15-8-10-16-11-9-15)12-13-6-4-3-5-7-13/h3-7,12,15-16H,2,8-11H2,1H3. The van der Waals surface area contributed by atoms with Crippen molar-refractivity contribution in [2.45, 2.75) is 26.2 Å². The van der Waals surface area contributed by atoms with Gasteiger partial charge in [-0.05, 0) is 43.8 Å². The Kier molecular flexibility index (Phi) is 4.17. The van der Waals surface area contributed by atoms with Gasteiger partial charge in [-0.3, -0.25) is 0 Å². The van der Waals surface area contributed by atoms with E-state index in [4.69, 9.17) is 0 Å². The van der Waals surface area contributed by atoms with Crippen molar-refractivity contribution in [2.75, 3.05) is 13.1 Å². The second-order valence-electron chi connectivity index (χ2n) is 4.51. The van der Waals surface area contributed by atoms with Crippen LogP contribution < -0.4 is 5.32 Å². The van der Waals surface area contributed by atoms with Crippen LogP contribution in [-0.4, -0.2) is 13.1 Å². The largest absolute Gasteiger partial charge is 0.317 e. The van der Waals surface area contributed by atoms with Crippen LogP contribution in [0.2, 0.25) is 0 Å². The van der Waals surface area contributed by atoms with Gasteiger partial charge in [0, 0.05) is 0 Å². The monoisotopic (exact) mass is 215 g/mol. The van der Waals surface area contributed by atoms with Crippen LogP contribution in [0.15, 0.2) is 35.9 Å². The second-order valence-corrected chi connectivity index (χ2v) is 4.51. The van der Waals surface area contributed by atoms with Gasteiger partial charge in [0.25, 0.3) is 0 Å². The molecule has 86 valence electrons. The van der Waals surface area contributed by atoms with Crippen molar-refractivity contribution in [3.05, 3.63) is 41.5 Å². The summed E-state index contributed by atoms with van der Waals surface area (Å²) in [5, 5.41) is 3.43. The third-order valence-corrected chi connectivity index (χ3v) is 3.42. The lowest BCUT2D eigenvalue weighted by molar-refractivity contribution is 0.415. The van der Waals surface area contributed by atoms with Gasteiger partial charge in [-0.25, -0.2) is 0 Å². The molecule has 1 fully saturated rings. The normalized spacial score (nSPS) is 18.7. The third kappa shape index (κ3) is 2.96. The summed E-state index contributed by atoms with van der Waals surface area (Å²) in [7, 11) is 0. The predicted molar refractivity (Wildman–Crippen MR) is 70.3 cm³/mol. The lowest BCUT2D eigenvalue weighted by Gasteiger charge is -2.25. The Morgan fingerprint density at radius 3 is 2.56 bits per heavy atom. The fourth-order valence-corrected chi connectivity index (χ4v) is 2.46. The molecule has 0 radical (unpaired) electrons. The first-order chi connectivity index (χ1) is 7.90. The first kappa shape index (κ1) is 11.4. The molecular weight excluding hydrogens is 194 g/mol. The highest BCUT2D eigenvalue weighted by molar-refractivity contribution is 5.53. The maximum Gasteiger partial charge on any atom is -0.00432 e. The fraction of sp³-hybridized carbons (Fsp3) is 0.467. The highest BCUT2D eigenvalue weighted by atomic mass is 14.9. The van der Waals surface area contributed by atoms with Crippen molar-refractivity contribution in [3.63, 3.8) is 0 Å². The molecule has 0 saturated carbocycles. The average Bonchev–Trinajstić information content (AvgIpc) is 2.38. The van der Waals surface area contributed by atoms with Crippen molar-refractivity contribution < 1.29 is 0 Å². The number of hydrogen-bond donors (Lipinski definition) is 1. The van der Waals surface area contributed by atoms with E-state index in [-0.39, 0.29) is 0 Å². The first-order valence-corrected chi connectivity index (χ1v) is 6.36. The van der Waals surface area contributed by atoms with E-state index in [9.17, 15) is 0 Å². The molecule has 0 atom stereocenters. The van der Waals surface area contributed by atoms with Gasteiger partial charge in [0.2, 0.25) is 0 Å². The van der Waals surface area contributed by atoms with Gasteiger partial charge in [-0.2, -0.15) is 0 Å². The molecule has 1 N–H and O–H groups in total. The number of benzene rings is 1. The summed E-state index contributed by atoms with van der Waals surface area (Å²) in [5.74, 6) is 0.798. The van der Waals surface area contributed by atoms with Crippen LogP contribution >= 0.6 is 0 Å². The van der Waals surface area contributed by atoms with Gasteiger partial charge in [-0.1, -0.05) is 48.9 Å². The number of nitrogens with one attached hydrogen (secondary N) is 1. The Balaban J connectivity index is 2.12. The highest BCUT2D eigenvalue weighted by Gasteiger charge is 2.15. The van der Waals surface area contributed by atoms with Crippen molar-refractivity contribution in [2.24, 2.45) is 5.92 Å². The molecule has 16 heavy (non-hydrogen) atoms. The third-order valence-electron chi connectivity index (χ3n) is 3.42. The molecular formula is C15H21N. The maximum atomic E-state index is 3.43. The number of piperidine rings is 1. The highest BCUT2D eigenvalue weighted by Crippen LogP contribution is 2.25. The van der Waals surface area contributed by atoms with Crippen molar-refractivity contribution in [3.8, 4) is 0 Å². The molecule has 0 bridgehead atoms. The topological polar surface area (TPSA) is 12.0 Å². The fourth-order valence-electron chi connectivity index (χ4n) is 2.46. The molecule has 0 aromatic heterocycles. The van der Waals surface area contributed by atoms with E-state index in [0.717, 1.165) is 5.92 Å². The van der Waals surface area contributed by atoms with Gasteiger partial charge < -0.3 is 5.32 Å². The molecule has 1 heterocycles. The Morgan fingerprint density at radius 2 is 1.94 bits per heavy atom. The van der Waals surface area contributed by atoms with Crippen LogP contribution in [0.1, 0.15) is 31.7 Å². The van der Waals surface area contributed by atoms with E-state index in [0.29, 0.717) is 0 Å². The molecule has 1 saturated heterocycles. The Bertz CT molecular complexity index is 334. The zero-order chi connectivity index (χ0) is 11.2. The van der Waals surface area contributed by atoms with E-state index in [1.807, 2.05) is 0 Å². The first-order valence-electron chi connectivity index (χ1n) is 6.36. The second kappa shape index (κ2) is 5.86. The molecule has 0 amide bonds. The van der Waals surface area contributed by atoms with Crippen molar-refractivity contribution >= 4 is 6.08 Å². The van der Waals surface area contributed by atoms with Gasteiger partial charge in [-0.15, -0.1) is 0 Å². The minimum Gasteiger partial charge on any atom is -0.317 e. The number of allylic oxidation sites excluding steroid dienone is 1. The number of hydrogen-bond acceptors (Lipinski definition) is 1. The summed E-state index contributed by atoms with van der Waals surface area (Å²) in [6, 6.07) is 10.7. The van der Waals surface area contributed by atoms with E-state index >= 15 is 0 Å². The van der Waals surface area contributed by atoms with Crippen molar-refractivity contribution in [1.82, 2.24) is 5.32 Å². The summed E-state index contributed by atoms with van der Waals surface area (Å²) in [6.07, 6.45) is 6.16. The molecule has 1 aromatic carbocycles. The van der Waals surface area contributed by atoms with Gasteiger partial charge >= 0.3 is 0 Å². The Morgan fingerprint density at radius 1 is 1.25 bits per heavy atom. The number of rotatable bonds is 3. The molecule has 1 aliphatic heterocycles. The molecule has 2 rings (SSSR count). The summed E-state index contributed by atoms with van der Waals surface area (Å²) in [5.41, 5.74) is 2.96. The summed E-state index contributed by atoms with van der Waals surface area (Å²) in [4.78, 5) is 0. The smallest absolute Gasteiger partial charge is 0.00432 e. The summed E-state index contributed by atoms with van der Waals surface area (Å²) in [6.45, 7) is 4.63. The Labute approximate surface area is 98.6 Å². The van der Waals surface area contributed by atoms with Crippen LogP contribution in [0, 0.1) is 5.92 Å². The van der Waals surface area contributed by atoms with E-state index in [1.165, 1.54) is 37.9 Å². The zero-order valence-electron chi connectivity index (χ0n) is 10.1. The molecule has 0 spiro atoms. The molecule has 1 nitrogen and oxygen atoms in total. The Hall–Kier alpha value is -1.08. The zero-order valence-corrected chi connectivity index (χ0v) is 10.1. The maximum absolute atomic E-state index is 3.43. The van der Waals surface area contributed by atoms with Gasteiger partial charge in [0.15, 0.2) is 0 Å². The lowest BCUT2D eigenvalue weighted by atomic mass is 9.87. The van der Waals surface area contributed by atoms with E-state index in [1.54, 1.807) is 5.57 Å². The molecule has 0 aliphatic carbocycles. The quantitative estimate of drug-likeness (QED) is 0.814. The summed E-state index contributed by atoms with van der Waals surface area (Å²) >= 11 is 0. The molecule has 1 heteroatoms. The van der Waals surface area contributed by atoms with E-state index in [2.05, 4.69) is 48.6 Å². The molecule has 1 aliphatic rings. The predicted octanol–water partition coefficient (Wildman–Crippen LogP) is 3.48. The van der Waals surface area contributed by atoms with Crippen LogP contribution in [-0.2, 0) is 0 Å².